The number of H-pyrrole nitrogens is 2. The van der Waals surface area contributed by atoms with E-state index in [-0.39, 0.29) is 57.7 Å². The van der Waals surface area contributed by atoms with E-state index in [1.807, 2.05) is 36.4 Å². The molecular weight excluding hydrogens is 1510 g/mol. The lowest BCUT2D eigenvalue weighted by Crippen LogP contribution is -2.37. The minimum Gasteiger partial charge on any atom is -0.455 e. The van der Waals surface area contributed by atoms with Crippen molar-refractivity contribution < 1.29 is 55.2 Å². The minimum atomic E-state index is -4.53. The van der Waals surface area contributed by atoms with Crippen LogP contribution in [-0.4, -0.2) is 133 Å². The number of fused-ring (bicyclic) bond motifs is 2. The normalized spacial score (nSPS) is 20.5. The molecule has 608 valence electrons. The lowest BCUT2D eigenvalue weighted by molar-refractivity contribution is -0.384. The number of carbonyl (C=O) groups excluding carboxylic acids is 2. The van der Waals surface area contributed by atoms with Gasteiger partial charge in [0, 0.05) is 99.0 Å². The maximum atomic E-state index is 13.9. The fourth-order valence-corrected chi connectivity index (χ4v) is 20.1. The Hall–Kier alpha value is -10.6. The summed E-state index contributed by atoms with van der Waals surface area (Å²) in [6, 6.07) is 44.8. The molecule has 2 aliphatic carbocycles. The van der Waals surface area contributed by atoms with Gasteiger partial charge in [0.15, 0.2) is 0 Å². The van der Waals surface area contributed by atoms with Crippen molar-refractivity contribution in [3.63, 3.8) is 0 Å². The zero-order valence-corrected chi connectivity index (χ0v) is 67.0. The Morgan fingerprint density at radius 1 is 0.500 bits per heavy atom. The molecule has 6 N–H and O–H groups in total. The van der Waals surface area contributed by atoms with Crippen molar-refractivity contribution in [3.8, 4) is 23.0 Å². The number of sulfonamides is 2. The first-order valence-corrected chi connectivity index (χ1v) is 43.8. The summed E-state index contributed by atoms with van der Waals surface area (Å²) in [7, 11) is -9.05. The summed E-state index contributed by atoms with van der Waals surface area (Å²) in [5.41, 5.74) is 8.79. The average Bonchev–Trinajstić information content (AvgIpc) is 1.68. The molecule has 4 saturated heterocycles. The third kappa shape index (κ3) is 18.6. The first-order chi connectivity index (χ1) is 56.3. The molecule has 4 aliphatic heterocycles. The fourth-order valence-electron chi connectivity index (χ4n) is 18.1. The lowest BCUT2D eigenvalue weighted by Gasteiger charge is -2.39. The predicted octanol–water partition coefficient (Wildman–Crippen LogP) is 17.3. The molecule has 26 nitrogen and oxygen atoms in total. The summed E-state index contributed by atoms with van der Waals surface area (Å²) in [6.07, 6.45) is 24.9. The van der Waals surface area contributed by atoms with Crippen molar-refractivity contribution >= 4 is 76.7 Å². The van der Waals surface area contributed by atoms with Crippen LogP contribution in [0.4, 0.5) is 22.7 Å². The van der Waals surface area contributed by atoms with Crippen LogP contribution in [0.5, 0.6) is 23.0 Å². The summed E-state index contributed by atoms with van der Waals surface area (Å²) >= 11 is 0. The fraction of sp³-hybridized carbons (Fsp3) is 0.409. The Labute approximate surface area is 675 Å². The van der Waals surface area contributed by atoms with Crippen LogP contribution in [0.15, 0.2) is 180 Å². The number of benzene rings is 6. The van der Waals surface area contributed by atoms with E-state index in [9.17, 15) is 46.7 Å². The van der Waals surface area contributed by atoms with Crippen molar-refractivity contribution in [2.45, 2.75) is 175 Å². The summed E-state index contributed by atoms with van der Waals surface area (Å²) in [6.45, 7) is 10.2. The van der Waals surface area contributed by atoms with Gasteiger partial charge >= 0.3 is 0 Å². The van der Waals surface area contributed by atoms with E-state index in [0.29, 0.717) is 86.5 Å². The number of nitrogens with zero attached hydrogens (tertiary/aromatic N) is 6. The zero-order chi connectivity index (χ0) is 80.5. The Balaban J connectivity index is 0.000000182. The van der Waals surface area contributed by atoms with E-state index in [1.165, 1.54) is 72.2 Å². The highest BCUT2D eigenvalue weighted by molar-refractivity contribution is 7.90. The number of rotatable bonds is 26. The van der Waals surface area contributed by atoms with E-state index in [0.717, 1.165) is 137 Å². The van der Waals surface area contributed by atoms with Gasteiger partial charge in [0.1, 0.15) is 45.7 Å². The molecule has 2 unspecified atom stereocenters. The molecule has 116 heavy (non-hydrogen) atoms. The number of nitro benzene ring substituents is 2. The highest BCUT2D eigenvalue weighted by Gasteiger charge is 2.39. The molecule has 0 spiro atoms. The number of hydrogen-bond donors (Lipinski definition) is 6. The van der Waals surface area contributed by atoms with Crippen LogP contribution in [0.3, 0.4) is 0 Å². The molecule has 4 aromatic heterocycles. The summed E-state index contributed by atoms with van der Waals surface area (Å²) in [5, 5.41) is 32.0. The first kappa shape index (κ1) is 80.6. The van der Waals surface area contributed by atoms with Crippen LogP contribution in [0, 0.1) is 32.1 Å². The average molecular weight is 1610 g/mol. The van der Waals surface area contributed by atoms with Gasteiger partial charge in [0.05, 0.1) is 43.2 Å². The standard InChI is InChI=1S/2C44H50N6O7S/c2*1-2-30-6-3-4-7-37(30)40-8-5-21-49(40)34-12-9-31(10-13-34)32-11-15-38(42(25-32)57-35-24-33-17-20-45-43(33)47-28-35)44(51)48-58(54,55)36-14-16-39(41(26-36)50(52)53)46-27-29-18-22-56-23-19-29/h2*3-4,6-7,11,14-17,20,24-26,28-29,31,34,40,46H,2,5,8-10,12-13,18-19,21-23,27H2,1H3,(H,45,47)(H,48,51). The van der Waals surface area contributed by atoms with E-state index in [2.05, 4.69) is 112 Å². The molecule has 0 radical (unpaired) electrons. The van der Waals surface area contributed by atoms with Gasteiger partial charge < -0.3 is 39.5 Å². The largest absolute Gasteiger partial charge is 0.455 e. The summed E-state index contributed by atoms with van der Waals surface area (Å²) in [4.78, 5) is 70.3. The van der Waals surface area contributed by atoms with Crippen LogP contribution < -0.4 is 29.6 Å². The van der Waals surface area contributed by atoms with E-state index in [1.54, 1.807) is 49.1 Å². The number of nitro groups is 2. The number of pyridine rings is 2. The Morgan fingerprint density at radius 2 is 0.905 bits per heavy atom. The van der Waals surface area contributed by atoms with Gasteiger partial charge in [0.25, 0.3) is 43.2 Å². The molecule has 6 aliphatic rings. The number of aromatic nitrogens is 4. The summed E-state index contributed by atoms with van der Waals surface area (Å²) in [5.74, 6) is 0.347. The number of nitrogens with one attached hydrogen (secondary N) is 6. The Morgan fingerprint density at radius 3 is 1.30 bits per heavy atom. The van der Waals surface area contributed by atoms with Gasteiger partial charge in [-0.05, 0) is 259 Å². The third-order valence-electron chi connectivity index (χ3n) is 24.4. The second-order valence-electron chi connectivity index (χ2n) is 31.4. The number of hydrogen-bond acceptors (Lipinski definition) is 20. The zero-order valence-electron chi connectivity index (χ0n) is 65.4. The molecule has 8 heterocycles. The molecule has 2 atom stereocenters. The number of likely N-dealkylation sites (tertiary alicyclic amines) is 2. The van der Waals surface area contributed by atoms with E-state index in [4.69, 9.17) is 18.9 Å². The molecule has 28 heteroatoms. The minimum absolute atomic E-state index is 0.00826. The van der Waals surface area contributed by atoms with Crippen LogP contribution in [0.2, 0.25) is 0 Å². The predicted molar refractivity (Wildman–Crippen MR) is 444 cm³/mol. The van der Waals surface area contributed by atoms with Crippen molar-refractivity contribution in [1.29, 1.82) is 0 Å². The number of aromatic amines is 2. The van der Waals surface area contributed by atoms with Gasteiger partial charge in [-0.2, -0.15) is 0 Å². The highest BCUT2D eigenvalue weighted by Crippen LogP contribution is 2.46. The molecule has 16 rings (SSSR count). The topological polar surface area (TPSA) is 338 Å². The molecule has 2 amide bonds. The maximum absolute atomic E-state index is 13.9. The molecule has 2 saturated carbocycles. The van der Waals surface area contributed by atoms with Crippen LogP contribution >= 0.6 is 0 Å². The van der Waals surface area contributed by atoms with Crippen molar-refractivity contribution in [3.05, 3.63) is 235 Å². The lowest BCUT2D eigenvalue weighted by atomic mass is 9.80. The van der Waals surface area contributed by atoms with E-state index >= 15 is 0 Å². The van der Waals surface area contributed by atoms with Gasteiger partial charge in [-0.15, -0.1) is 0 Å². The second kappa shape index (κ2) is 36.3. The van der Waals surface area contributed by atoms with Crippen LogP contribution in [0.25, 0.3) is 22.1 Å². The number of ether oxygens (including phenoxy) is 4. The summed E-state index contributed by atoms with van der Waals surface area (Å²) < 4.78 is 82.4. The number of anilines is 2. The quantitative estimate of drug-likeness (QED) is 0.0217. The smallest absolute Gasteiger partial charge is 0.293 e. The molecule has 10 aromatic rings. The third-order valence-corrected chi connectivity index (χ3v) is 27.1. The Kier molecular flexibility index (Phi) is 25.2. The van der Waals surface area contributed by atoms with Crippen molar-refractivity contribution in [2.75, 3.05) is 63.2 Å². The van der Waals surface area contributed by atoms with Gasteiger partial charge in [0.2, 0.25) is 0 Å². The molecule has 6 fully saturated rings. The first-order valence-electron chi connectivity index (χ1n) is 40.8. The monoisotopic (exact) mass is 1610 g/mol. The van der Waals surface area contributed by atoms with E-state index < -0.39 is 62.9 Å². The SMILES string of the molecule is CCc1ccccc1C1CCCN1C1CCC(c2ccc(C(=O)NS(=O)(=O)c3ccc(NCC4CCOCC4)c([N+](=O)[O-])c3)c(Oc3cnc4[nH]ccc4c3)c2)CC1.CCc1ccccc1C1CCCN1C1CCC(c2ccc(C(=O)NS(=O)(=O)c3ccc(NCC4CCOCC4)c([N+](=O)[O-])c3)c(Oc3cnc4[nH]ccc4c3)c2)CC1. The number of carbonyl (C=O) groups is 2. The van der Waals surface area contributed by atoms with Gasteiger partial charge in [-0.25, -0.2) is 36.2 Å². The number of amides is 2. The van der Waals surface area contributed by atoms with Crippen molar-refractivity contribution in [1.82, 2.24) is 39.2 Å². The van der Waals surface area contributed by atoms with Crippen molar-refractivity contribution in [2.24, 2.45) is 11.8 Å². The van der Waals surface area contributed by atoms with Crippen LogP contribution in [0.1, 0.15) is 195 Å². The van der Waals surface area contributed by atoms with Gasteiger partial charge in [-0.1, -0.05) is 74.5 Å². The van der Waals surface area contributed by atoms with Gasteiger partial charge in [-0.3, -0.25) is 39.6 Å². The molecule has 6 aromatic carbocycles. The maximum Gasteiger partial charge on any atom is 0.293 e. The van der Waals surface area contributed by atoms with Crippen LogP contribution in [-0.2, 0) is 42.4 Å². The molecular formula is C88H100N12O14S2. The molecule has 0 bridgehead atoms. The second-order valence-corrected chi connectivity index (χ2v) is 34.8. The Bertz CT molecular complexity index is 5110. The number of aryl methyl sites for hydroxylation is 2. The highest BCUT2D eigenvalue weighted by atomic mass is 32.2.